The first-order chi connectivity index (χ1) is 9.08. The third kappa shape index (κ3) is 3.05. The fourth-order valence-corrected chi connectivity index (χ4v) is 1.58. The van der Waals surface area contributed by atoms with Crippen molar-refractivity contribution in [3.63, 3.8) is 0 Å². The van der Waals surface area contributed by atoms with Gasteiger partial charge in [0.25, 0.3) is 5.91 Å². The summed E-state index contributed by atoms with van der Waals surface area (Å²) < 4.78 is 0. The van der Waals surface area contributed by atoms with Gasteiger partial charge in [0, 0.05) is 18.1 Å². The molecule has 96 valence electrons. The Morgan fingerprint density at radius 3 is 2.68 bits per heavy atom. The van der Waals surface area contributed by atoms with Crippen LogP contribution in [0.1, 0.15) is 20.8 Å². The van der Waals surface area contributed by atoms with E-state index in [1.54, 1.807) is 0 Å². The summed E-state index contributed by atoms with van der Waals surface area (Å²) in [6, 6.07) is 4.18. The molecule has 0 bridgehead atoms. The van der Waals surface area contributed by atoms with E-state index in [0.717, 1.165) is 0 Å². The highest BCUT2D eigenvalue weighted by Gasteiger charge is 2.12. The molecular weight excluding hydrogens is 270 g/mol. The molecule has 2 N–H and O–H groups in total. The number of rotatable bonds is 3. The molecule has 0 saturated carbocycles. The molecule has 1 amide bonds. The van der Waals surface area contributed by atoms with Gasteiger partial charge in [-0.3, -0.25) is 9.78 Å². The Balaban J connectivity index is 2.23. The minimum Gasteiger partial charge on any atom is -0.478 e. The summed E-state index contributed by atoms with van der Waals surface area (Å²) in [5.41, 5.74) is 0.366. The first kappa shape index (κ1) is 13.0. The van der Waals surface area contributed by atoms with Gasteiger partial charge in [0.1, 0.15) is 5.69 Å². The Kier molecular flexibility index (Phi) is 3.72. The number of halogens is 1. The SMILES string of the molecule is O=C(Nc1ccc(Cl)c(C(=O)O)c1)c1cnccn1. The Morgan fingerprint density at radius 1 is 1.26 bits per heavy atom. The summed E-state index contributed by atoms with van der Waals surface area (Å²) in [7, 11) is 0. The number of hydrogen-bond donors (Lipinski definition) is 2. The molecule has 0 spiro atoms. The van der Waals surface area contributed by atoms with Crippen LogP contribution in [0.25, 0.3) is 0 Å². The fourth-order valence-electron chi connectivity index (χ4n) is 1.38. The molecule has 0 saturated heterocycles. The summed E-state index contributed by atoms with van der Waals surface area (Å²) in [5, 5.41) is 11.5. The van der Waals surface area contributed by atoms with Crippen molar-refractivity contribution >= 4 is 29.2 Å². The van der Waals surface area contributed by atoms with Gasteiger partial charge < -0.3 is 10.4 Å². The van der Waals surface area contributed by atoms with Crippen molar-refractivity contribution in [2.45, 2.75) is 0 Å². The van der Waals surface area contributed by atoms with Crippen LogP contribution in [0.4, 0.5) is 5.69 Å². The quantitative estimate of drug-likeness (QED) is 0.896. The zero-order valence-electron chi connectivity index (χ0n) is 9.50. The molecule has 0 atom stereocenters. The number of anilines is 1. The lowest BCUT2D eigenvalue weighted by Gasteiger charge is -2.06. The van der Waals surface area contributed by atoms with Crippen LogP contribution in [-0.2, 0) is 0 Å². The van der Waals surface area contributed by atoms with E-state index in [9.17, 15) is 9.59 Å². The van der Waals surface area contributed by atoms with Gasteiger partial charge in [0.2, 0.25) is 0 Å². The van der Waals surface area contributed by atoms with Crippen LogP contribution in [0, 0.1) is 0 Å². The summed E-state index contributed by atoms with van der Waals surface area (Å²) in [6.07, 6.45) is 4.14. The van der Waals surface area contributed by atoms with E-state index >= 15 is 0 Å². The van der Waals surface area contributed by atoms with Crippen LogP contribution < -0.4 is 5.32 Å². The molecular formula is C12H8ClN3O3. The van der Waals surface area contributed by atoms with Crippen molar-refractivity contribution in [1.29, 1.82) is 0 Å². The van der Waals surface area contributed by atoms with E-state index in [2.05, 4.69) is 15.3 Å². The summed E-state index contributed by atoms with van der Waals surface area (Å²) >= 11 is 5.73. The molecule has 1 aromatic carbocycles. The van der Waals surface area contributed by atoms with E-state index in [4.69, 9.17) is 16.7 Å². The van der Waals surface area contributed by atoms with Crippen LogP contribution >= 0.6 is 11.6 Å². The smallest absolute Gasteiger partial charge is 0.337 e. The van der Waals surface area contributed by atoms with Crippen LogP contribution in [0.2, 0.25) is 5.02 Å². The second kappa shape index (κ2) is 5.45. The number of carbonyl (C=O) groups excluding carboxylic acids is 1. The Labute approximate surface area is 113 Å². The minimum atomic E-state index is -1.17. The molecule has 7 heteroatoms. The summed E-state index contributed by atoms with van der Waals surface area (Å²) in [5.74, 6) is -1.65. The number of amides is 1. The fraction of sp³-hybridized carbons (Fsp3) is 0. The topological polar surface area (TPSA) is 92.2 Å². The first-order valence-electron chi connectivity index (χ1n) is 5.18. The standard InChI is InChI=1S/C12H8ClN3O3/c13-9-2-1-7(5-8(9)12(18)19)16-11(17)10-6-14-3-4-15-10/h1-6H,(H,16,17)(H,18,19). The van der Waals surface area contributed by atoms with Crippen LogP contribution in [0.15, 0.2) is 36.8 Å². The van der Waals surface area contributed by atoms with Gasteiger partial charge in [0.05, 0.1) is 16.8 Å². The first-order valence-corrected chi connectivity index (χ1v) is 5.56. The Bertz CT molecular complexity index is 631. The molecule has 0 aliphatic rings. The second-order valence-electron chi connectivity index (χ2n) is 3.54. The third-order valence-electron chi connectivity index (χ3n) is 2.25. The van der Waals surface area contributed by atoms with E-state index < -0.39 is 11.9 Å². The molecule has 0 unspecified atom stereocenters. The lowest BCUT2D eigenvalue weighted by atomic mass is 10.2. The number of aromatic carboxylic acids is 1. The number of benzene rings is 1. The van der Waals surface area contributed by atoms with Crippen molar-refractivity contribution in [1.82, 2.24) is 9.97 Å². The zero-order valence-corrected chi connectivity index (χ0v) is 10.3. The normalized spacial score (nSPS) is 9.95. The molecule has 0 radical (unpaired) electrons. The maximum atomic E-state index is 11.8. The van der Waals surface area contributed by atoms with Gasteiger partial charge in [-0.25, -0.2) is 9.78 Å². The Hall–Kier alpha value is -2.47. The average molecular weight is 278 g/mol. The number of carboxylic acids is 1. The maximum absolute atomic E-state index is 11.8. The summed E-state index contributed by atoms with van der Waals surface area (Å²) in [6.45, 7) is 0. The molecule has 1 aromatic heterocycles. The number of carbonyl (C=O) groups is 2. The van der Waals surface area contributed by atoms with Crippen LogP contribution in [0.3, 0.4) is 0 Å². The molecule has 19 heavy (non-hydrogen) atoms. The number of carboxylic acid groups (broad SMARTS) is 1. The third-order valence-corrected chi connectivity index (χ3v) is 2.58. The van der Waals surface area contributed by atoms with E-state index in [1.165, 1.54) is 36.8 Å². The minimum absolute atomic E-state index is 0.0846. The number of aromatic nitrogens is 2. The van der Waals surface area contributed by atoms with Crippen molar-refractivity contribution in [2.24, 2.45) is 0 Å². The van der Waals surface area contributed by atoms with Gasteiger partial charge >= 0.3 is 5.97 Å². The van der Waals surface area contributed by atoms with Gasteiger partial charge in [-0.1, -0.05) is 11.6 Å². The zero-order chi connectivity index (χ0) is 13.8. The van der Waals surface area contributed by atoms with E-state index in [0.29, 0.717) is 5.69 Å². The van der Waals surface area contributed by atoms with E-state index in [1.807, 2.05) is 0 Å². The van der Waals surface area contributed by atoms with Crippen molar-refractivity contribution in [2.75, 3.05) is 5.32 Å². The highest BCUT2D eigenvalue weighted by molar-refractivity contribution is 6.33. The largest absolute Gasteiger partial charge is 0.478 e. The number of hydrogen-bond acceptors (Lipinski definition) is 4. The van der Waals surface area contributed by atoms with Gasteiger partial charge in [-0.2, -0.15) is 0 Å². The maximum Gasteiger partial charge on any atom is 0.337 e. The lowest BCUT2D eigenvalue weighted by Crippen LogP contribution is -2.14. The number of nitrogens with one attached hydrogen (secondary N) is 1. The predicted molar refractivity (Wildman–Crippen MR) is 68.4 cm³/mol. The highest BCUT2D eigenvalue weighted by Crippen LogP contribution is 2.20. The molecule has 2 rings (SSSR count). The molecule has 0 aliphatic carbocycles. The average Bonchev–Trinajstić information content (AvgIpc) is 2.41. The highest BCUT2D eigenvalue weighted by atomic mass is 35.5. The van der Waals surface area contributed by atoms with Crippen LogP contribution in [0.5, 0.6) is 0 Å². The molecule has 1 heterocycles. The monoisotopic (exact) mass is 277 g/mol. The van der Waals surface area contributed by atoms with Gasteiger partial charge in [0.15, 0.2) is 0 Å². The van der Waals surface area contributed by atoms with Crippen molar-refractivity contribution in [3.05, 3.63) is 53.1 Å². The van der Waals surface area contributed by atoms with Gasteiger partial charge in [-0.05, 0) is 18.2 Å². The predicted octanol–water partition coefficient (Wildman–Crippen LogP) is 2.08. The van der Waals surface area contributed by atoms with E-state index in [-0.39, 0.29) is 16.3 Å². The van der Waals surface area contributed by atoms with Crippen molar-refractivity contribution in [3.8, 4) is 0 Å². The molecule has 0 aliphatic heterocycles. The Morgan fingerprint density at radius 2 is 2.05 bits per heavy atom. The molecule has 6 nitrogen and oxygen atoms in total. The van der Waals surface area contributed by atoms with Crippen molar-refractivity contribution < 1.29 is 14.7 Å². The lowest BCUT2D eigenvalue weighted by molar-refractivity contribution is 0.0696. The van der Waals surface area contributed by atoms with Gasteiger partial charge in [-0.15, -0.1) is 0 Å². The summed E-state index contributed by atoms with van der Waals surface area (Å²) in [4.78, 5) is 30.3. The number of nitrogens with zero attached hydrogens (tertiary/aromatic N) is 2. The molecule has 2 aromatic rings. The molecule has 0 fully saturated rings. The second-order valence-corrected chi connectivity index (χ2v) is 3.95. The van der Waals surface area contributed by atoms with Crippen LogP contribution in [-0.4, -0.2) is 27.0 Å².